The Morgan fingerprint density at radius 3 is 2.89 bits per heavy atom. The average Bonchev–Trinajstić information content (AvgIpc) is 2.36. The molecule has 2 rings (SSSR count). The van der Waals surface area contributed by atoms with E-state index in [0.29, 0.717) is 5.88 Å². The van der Waals surface area contributed by atoms with Crippen molar-refractivity contribution in [2.45, 2.75) is 30.5 Å². The predicted octanol–water partition coefficient (Wildman–Crippen LogP) is 1.57. The van der Waals surface area contributed by atoms with Gasteiger partial charge < -0.3 is 5.11 Å². The molecule has 0 aromatic heterocycles. The number of hydrogen-bond donors (Lipinski definition) is 1. The summed E-state index contributed by atoms with van der Waals surface area (Å²) in [5.41, 5.74) is 0.0235. The topological polar surface area (TPSA) is 70.0 Å². The highest BCUT2D eigenvalue weighted by molar-refractivity contribution is 8.01. The first-order valence-corrected chi connectivity index (χ1v) is 7.46. The molecule has 104 valence electrons. The number of hydrogen-bond acceptors (Lipinski definition) is 4. The molecule has 19 heavy (non-hydrogen) atoms. The number of amides is 1. The number of carbonyl (C=O) groups is 2. The Bertz CT molecular complexity index is 464. The molecule has 1 amide bonds. The normalized spacial score (nSPS) is 30.3. The highest BCUT2D eigenvalue weighted by Crippen LogP contribution is 2.42. The first kappa shape index (κ1) is 14.4. The van der Waals surface area contributed by atoms with Crippen LogP contribution < -0.4 is 0 Å². The van der Waals surface area contributed by atoms with Crippen LogP contribution in [-0.4, -0.2) is 50.6 Å². The first-order chi connectivity index (χ1) is 8.95. The van der Waals surface area contributed by atoms with Crippen molar-refractivity contribution in [2.24, 2.45) is 10.9 Å². The van der Waals surface area contributed by atoms with Gasteiger partial charge in [0.25, 0.3) is 5.91 Å². The lowest BCUT2D eigenvalue weighted by Gasteiger charge is -2.48. The molecule has 2 heterocycles. The molecule has 0 aliphatic carbocycles. The van der Waals surface area contributed by atoms with E-state index in [1.54, 1.807) is 6.21 Å². The third-order valence-electron chi connectivity index (χ3n) is 2.85. The van der Waals surface area contributed by atoms with E-state index in [2.05, 4.69) is 4.99 Å². The Labute approximate surface area is 120 Å². The van der Waals surface area contributed by atoms with E-state index in [9.17, 15) is 9.59 Å². The Morgan fingerprint density at radius 2 is 2.37 bits per heavy atom. The van der Waals surface area contributed by atoms with Crippen LogP contribution in [0.25, 0.3) is 0 Å². The van der Waals surface area contributed by atoms with E-state index in [4.69, 9.17) is 16.7 Å². The van der Waals surface area contributed by atoms with Gasteiger partial charge in [-0.15, -0.1) is 23.4 Å². The van der Waals surface area contributed by atoms with Crippen molar-refractivity contribution in [3.05, 3.63) is 11.8 Å². The summed E-state index contributed by atoms with van der Waals surface area (Å²) in [7, 11) is 0. The molecular formula is C12H15ClN2O3S. The predicted molar refractivity (Wildman–Crippen MR) is 75.6 cm³/mol. The molecule has 2 aliphatic heterocycles. The molecule has 1 fully saturated rings. The van der Waals surface area contributed by atoms with Gasteiger partial charge in [-0.1, -0.05) is 13.8 Å². The molecule has 1 unspecified atom stereocenters. The van der Waals surface area contributed by atoms with Crippen molar-refractivity contribution in [2.75, 3.05) is 5.88 Å². The molecular weight excluding hydrogens is 288 g/mol. The SMILES string of the molecule is CC(C)C=N[C@@H]1C(=O)N2C(C(=O)O)=CC(CCl)S[C@H]12. The third kappa shape index (κ3) is 2.65. The Balaban J connectivity index is 2.21. The first-order valence-electron chi connectivity index (χ1n) is 5.98. The fraction of sp³-hybridized carbons (Fsp3) is 0.583. The second kappa shape index (κ2) is 5.54. The molecule has 7 heteroatoms. The molecule has 2 aliphatic rings. The van der Waals surface area contributed by atoms with Gasteiger partial charge in [0.2, 0.25) is 0 Å². The highest BCUT2D eigenvalue weighted by atomic mass is 35.5. The summed E-state index contributed by atoms with van der Waals surface area (Å²) in [4.78, 5) is 28.7. The van der Waals surface area contributed by atoms with Crippen molar-refractivity contribution >= 4 is 41.5 Å². The van der Waals surface area contributed by atoms with Gasteiger partial charge >= 0.3 is 5.97 Å². The number of fused-ring (bicyclic) bond motifs is 1. The van der Waals surface area contributed by atoms with Crippen LogP contribution in [0.3, 0.4) is 0 Å². The molecule has 0 bridgehead atoms. The maximum atomic E-state index is 12.0. The standard InChI is InChI=1S/C12H15ClN2O3S/c1-6(2)5-14-9-10(16)15-8(12(17)18)3-7(4-13)19-11(9)15/h3,5-7,9,11H,4H2,1-2H3,(H,17,18)/t7?,9-,11-/m1/s1. The summed E-state index contributed by atoms with van der Waals surface area (Å²) in [6.07, 6.45) is 3.27. The number of carbonyl (C=O) groups excluding carboxylic acids is 1. The third-order valence-corrected chi connectivity index (χ3v) is 4.76. The van der Waals surface area contributed by atoms with Crippen molar-refractivity contribution in [1.82, 2.24) is 4.90 Å². The zero-order valence-electron chi connectivity index (χ0n) is 10.6. The monoisotopic (exact) mass is 302 g/mol. The summed E-state index contributed by atoms with van der Waals surface area (Å²) in [6.45, 7) is 3.95. The van der Waals surface area contributed by atoms with Gasteiger partial charge in [0.1, 0.15) is 11.1 Å². The van der Waals surface area contributed by atoms with Crippen molar-refractivity contribution < 1.29 is 14.7 Å². The lowest BCUT2D eigenvalue weighted by atomic mass is 10.1. The molecule has 0 radical (unpaired) electrons. The van der Waals surface area contributed by atoms with Crippen LogP contribution >= 0.6 is 23.4 Å². The zero-order chi connectivity index (χ0) is 14.2. The Hall–Kier alpha value is -1.01. The van der Waals surface area contributed by atoms with Gasteiger partial charge in [-0.05, 0) is 12.0 Å². The summed E-state index contributed by atoms with van der Waals surface area (Å²) >= 11 is 7.28. The number of alkyl halides is 1. The lowest BCUT2D eigenvalue weighted by Crippen LogP contribution is -2.64. The second-order valence-corrected chi connectivity index (χ2v) is 6.44. The maximum absolute atomic E-state index is 12.0. The van der Waals surface area contributed by atoms with Crippen LogP contribution in [0.5, 0.6) is 0 Å². The minimum atomic E-state index is -1.10. The lowest BCUT2D eigenvalue weighted by molar-refractivity contribution is -0.147. The number of aliphatic imine (C=N–C) groups is 1. The fourth-order valence-corrected chi connectivity index (χ4v) is 3.59. The van der Waals surface area contributed by atoms with Gasteiger partial charge in [-0.25, -0.2) is 4.79 Å². The van der Waals surface area contributed by atoms with Crippen molar-refractivity contribution in [3.63, 3.8) is 0 Å². The van der Waals surface area contributed by atoms with Gasteiger partial charge in [-0.2, -0.15) is 0 Å². The second-order valence-electron chi connectivity index (χ2n) is 4.77. The number of nitrogens with zero attached hydrogens (tertiary/aromatic N) is 2. The van der Waals surface area contributed by atoms with E-state index in [-0.39, 0.29) is 28.1 Å². The van der Waals surface area contributed by atoms with Crippen LogP contribution in [-0.2, 0) is 9.59 Å². The molecule has 0 aromatic rings. The maximum Gasteiger partial charge on any atom is 0.352 e. The molecule has 1 saturated heterocycles. The van der Waals surface area contributed by atoms with Crippen LogP contribution in [0.1, 0.15) is 13.8 Å². The van der Waals surface area contributed by atoms with Gasteiger partial charge in [-0.3, -0.25) is 14.7 Å². The van der Waals surface area contributed by atoms with Gasteiger partial charge in [0, 0.05) is 17.3 Å². The summed E-state index contributed by atoms with van der Waals surface area (Å²) in [5, 5.41) is 8.80. The molecule has 0 aromatic carbocycles. The molecule has 3 atom stereocenters. The molecule has 1 N–H and O–H groups in total. The van der Waals surface area contributed by atoms with Crippen LogP contribution in [0.2, 0.25) is 0 Å². The summed E-state index contributed by atoms with van der Waals surface area (Å²) in [5.74, 6) is -0.773. The van der Waals surface area contributed by atoms with Crippen molar-refractivity contribution in [3.8, 4) is 0 Å². The van der Waals surface area contributed by atoms with E-state index in [1.807, 2.05) is 13.8 Å². The van der Waals surface area contributed by atoms with Gasteiger partial charge in [0.05, 0.1) is 0 Å². The number of rotatable bonds is 4. The minimum Gasteiger partial charge on any atom is -0.477 e. The Kier molecular flexibility index (Phi) is 4.20. The van der Waals surface area contributed by atoms with Gasteiger partial charge in [0.15, 0.2) is 6.04 Å². The largest absolute Gasteiger partial charge is 0.477 e. The molecule has 5 nitrogen and oxygen atoms in total. The number of halogens is 1. The minimum absolute atomic E-state index is 0.0235. The molecule has 0 saturated carbocycles. The van der Waals surface area contributed by atoms with E-state index < -0.39 is 12.0 Å². The number of carboxylic acids is 1. The molecule has 0 spiro atoms. The summed E-state index contributed by atoms with van der Waals surface area (Å²) in [6, 6.07) is -0.485. The number of aliphatic carboxylic acids is 1. The number of thioether (sulfide) groups is 1. The van der Waals surface area contributed by atoms with E-state index in [1.165, 1.54) is 22.7 Å². The summed E-state index contributed by atoms with van der Waals surface area (Å²) < 4.78 is 0. The Morgan fingerprint density at radius 1 is 1.68 bits per heavy atom. The number of carboxylic acid groups (broad SMARTS) is 1. The highest BCUT2D eigenvalue weighted by Gasteiger charge is 2.53. The number of β-lactam (4-membered cyclic amide) rings is 1. The smallest absolute Gasteiger partial charge is 0.352 e. The average molecular weight is 303 g/mol. The quantitative estimate of drug-likeness (QED) is 0.486. The zero-order valence-corrected chi connectivity index (χ0v) is 12.2. The fourth-order valence-electron chi connectivity index (χ4n) is 1.97. The van der Waals surface area contributed by atoms with Crippen LogP contribution in [0, 0.1) is 5.92 Å². The van der Waals surface area contributed by atoms with Crippen LogP contribution in [0.4, 0.5) is 0 Å². The van der Waals surface area contributed by atoms with Crippen LogP contribution in [0.15, 0.2) is 16.8 Å². The van der Waals surface area contributed by atoms with E-state index in [0.717, 1.165) is 0 Å². The van der Waals surface area contributed by atoms with Crippen molar-refractivity contribution in [1.29, 1.82) is 0 Å². The van der Waals surface area contributed by atoms with E-state index >= 15 is 0 Å².